The third kappa shape index (κ3) is 2.94. The van der Waals surface area contributed by atoms with Gasteiger partial charge in [-0.15, -0.1) is 11.3 Å². The number of hydrogen-bond acceptors (Lipinski definition) is 1. The molecule has 100 valence electrons. The lowest BCUT2D eigenvalue weighted by molar-refractivity contribution is 0.456. The molecule has 1 aromatic heterocycles. The first-order chi connectivity index (χ1) is 9.15. The summed E-state index contributed by atoms with van der Waals surface area (Å²) in [5.74, 6) is 0.650. The van der Waals surface area contributed by atoms with Crippen LogP contribution in [0.3, 0.4) is 0 Å². The van der Waals surface area contributed by atoms with Crippen molar-refractivity contribution in [1.82, 2.24) is 0 Å². The summed E-state index contributed by atoms with van der Waals surface area (Å²) >= 11 is 15.2. The number of aryl methyl sites for hydroxylation is 1. The van der Waals surface area contributed by atoms with Gasteiger partial charge in [-0.2, -0.15) is 0 Å². The lowest BCUT2D eigenvalue weighted by atomic mass is 9.82. The molecule has 0 spiro atoms. The number of alkyl halides is 1. The summed E-state index contributed by atoms with van der Waals surface area (Å²) in [6.07, 6.45) is 3.57. The van der Waals surface area contributed by atoms with Gasteiger partial charge in [0.1, 0.15) is 4.34 Å². The fourth-order valence-electron chi connectivity index (χ4n) is 2.71. The Morgan fingerprint density at radius 2 is 2.00 bits per heavy atom. The lowest BCUT2D eigenvalue weighted by Crippen LogP contribution is -2.17. The highest BCUT2D eigenvalue weighted by Gasteiger charge is 2.27. The van der Waals surface area contributed by atoms with Gasteiger partial charge in [0.05, 0.1) is 4.83 Å². The second-order valence-electron chi connectivity index (χ2n) is 4.94. The van der Waals surface area contributed by atoms with Gasteiger partial charge in [-0.3, -0.25) is 0 Å². The molecule has 2 unspecified atom stereocenters. The minimum Gasteiger partial charge on any atom is -0.126 e. The largest absolute Gasteiger partial charge is 0.126 e. The van der Waals surface area contributed by atoms with Gasteiger partial charge in [0.25, 0.3) is 0 Å². The topological polar surface area (TPSA) is 0 Å². The van der Waals surface area contributed by atoms with Gasteiger partial charge in [-0.1, -0.05) is 51.8 Å². The molecular formula is C15H13Br2ClS. The number of thiophene rings is 1. The SMILES string of the molecule is Clc1sc(C(Br)C2CCc3ccccc3C2)cc1Br. The van der Waals surface area contributed by atoms with E-state index >= 15 is 0 Å². The molecule has 0 saturated heterocycles. The molecule has 0 fully saturated rings. The van der Waals surface area contributed by atoms with Crippen molar-refractivity contribution in [1.29, 1.82) is 0 Å². The van der Waals surface area contributed by atoms with Gasteiger partial charge in [0.15, 0.2) is 0 Å². The molecule has 1 heterocycles. The van der Waals surface area contributed by atoms with E-state index in [0.717, 1.165) is 15.2 Å². The molecule has 1 aliphatic rings. The van der Waals surface area contributed by atoms with E-state index in [1.807, 2.05) is 0 Å². The Balaban J connectivity index is 1.81. The van der Waals surface area contributed by atoms with Crippen molar-refractivity contribution in [2.45, 2.75) is 24.1 Å². The van der Waals surface area contributed by atoms with Crippen LogP contribution in [0, 0.1) is 5.92 Å². The Morgan fingerprint density at radius 3 is 2.68 bits per heavy atom. The van der Waals surface area contributed by atoms with Crippen molar-refractivity contribution in [3.05, 3.63) is 55.1 Å². The average Bonchev–Trinajstić information content (AvgIpc) is 2.77. The van der Waals surface area contributed by atoms with Crippen molar-refractivity contribution in [2.75, 3.05) is 0 Å². The van der Waals surface area contributed by atoms with Crippen LogP contribution in [0.15, 0.2) is 34.8 Å². The monoisotopic (exact) mass is 418 g/mol. The summed E-state index contributed by atoms with van der Waals surface area (Å²) in [4.78, 5) is 1.72. The lowest BCUT2D eigenvalue weighted by Gasteiger charge is -2.27. The Bertz CT molecular complexity index is 574. The van der Waals surface area contributed by atoms with Crippen molar-refractivity contribution < 1.29 is 0 Å². The number of rotatable bonds is 2. The smallest absolute Gasteiger partial charge is 0.107 e. The van der Waals surface area contributed by atoms with Crippen LogP contribution in [0.1, 0.15) is 27.3 Å². The van der Waals surface area contributed by atoms with E-state index in [1.165, 1.54) is 28.8 Å². The van der Waals surface area contributed by atoms with Gasteiger partial charge in [0, 0.05) is 9.35 Å². The predicted molar refractivity (Wildman–Crippen MR) is 90.7 cm³/mol. The number of fused-ring (bicyclic) bond motifs is 1. The summed E-state index contributed by atoms with van der Waals surface area (Å²) in [6, 6.07) is 10.9. The van der Waals surface area contributed by atoms with Crippen molar-refractivity contribution in [3.63, 3.8) is 0 Å². The zero-order valence-corrected chi connectivity index (χ0v) is 14.9. The number of hydrogen-bond donors (Lipinski definition) is 0. The average molecular weight is 421 g/mol. The fourth-order valence-corrected chi connectivity index (χ4v) is 5.38. The Morgan fingerprint density at radius 1 is 1.26 bits per heavy atom. The molecule has 0 amide bonds. The molecule has 19 heavy (non-hydrogen) atoms. The third-order valence-corrected chi connectivity index (χ3v) is 7.84. The second-order valence-corrected chi connectivity index (χ2v) is 8.47. The molecule has 0 saturated carbocycles. The van der Waals surface area contributed by atoms with Crippen molar-refractivity contribution in [2.24, 2.45) is 5.92 Å². The van der Waals surface area contributed by atoms with Crippen LogP contribution < -0.4 is 0 Å². The van der Waals surface area contributed by atoms with Crippen molar-refractivity contribution in [3.8, 4) is 0 Å². The second kappa shape index (κ2) is 5.88. The van der Waals surface area contributed by atoms with Crippen molar-refractivity contribution >= 4 is 54.8 Å². The zero-order valence-electron chi connectivity index (χ0n) is 10.2. The predicted octanol–water partition coefficient (Wildman–Crippen LogP) is 6.41. The zero-order chi connectivity index (χ0) is 13.4. The van der Waals surface area contributed by atoms with E-state index in [0.29, 0.717) is 10.7 Å². The highest BCUT2D eigenvalue weighted by atomic mass is 79.9. The summed E-state index contributed by atoms with van der Waals surface area (Å²) in [7, 11) is 0. The highest BCUT2D eigenvalue weighted by molar-refractivity contribution is 9.10. The standard InChI is InChI=1S/C15H13Br2ClS/c16-12-8-13(19-15(12)18)14(17)11-6-5-9-3-1-2-4-10(9)7-11/h1-4,8,11,14H,5-7H2. The third-order valence-electron chi connectivity index (χ3n) is 3.73. The Hall–Kier alpha value is 0.170. The first-order valence-corrected chi connectivity index (χ1v) is 9.21. The molecule has 0 aliphatic heterocycles. The van der Waals surface area contributed by atoms with Crippen LogP contribution in [-0.2, 0) is 12.8 Å². The molecule has 1 aliphatic carbocycles. The summed E-state index contributed by atoms with van der Waals surface area (Å²) in [6.45, 7) is 0. The maximum atomic E-state index is 6.14. The van der Waals surface area contributed by atoms with Crippen LogP contribution >= 0.6 is 54.8 Å². The molecule has 0 bridgehead atoms. The molecule has 1 aromatic carbocycles. The summed E-state index contributed by atoms with van der Waals surface area (Å²) in [5, 5.41) is 0. The fraction of sp³-hybridized carbons (Fsp3) is 0.333. The summed E-state index contributed by atoms with van der Waals surface area (Å²) < 4.78 is 1.85. The molecule has 0 N–H and O–H groups in total. The van der Waals surface area contributed by atoms with Crippen LogP contribution in [-0.4, -0.2) is 0 Å². The normalized spacial score (nSPS) is 20.1. The van der Waals surface area contributed by atoms with Crippen LogP contribution in [0.5, 0.6) is 0 Å². The van der Waals surface area contributed by atoms with E-state index < -0.39 is 0 Å². The van der Waals surface area contributed by atoms with Crippen LogP contribution in [0.4, 0.5) is 0 Å². The van der Waals surface area contributed by atoms with Gasteiger partial charge >= 0.3 is 0 Å². The Labute approximate surface area is 139 Å². The first-order valence-electron chi connectivity index (χ1n) is 6.30. The molecular weight excluding hydrogens is 407 g/mol. The maximum Gasteiger partial charge on any atom is 0.107 e. The molecule has 2 aromatic rings. The van der Waals surface area contributed by atoms with E-state index in [9.17, 15) is 0 Å². The molecule has 0 radical (unpaired) electrons. The highest BCUT2D eigenvalue weighted by Crippen LogP contribution is 2.45. The maximum absolute atomic E-state index is 6.14. The molecule has 3 rings (SSSR count). The number of halogens is 3. The molecule has 2 atom stereocenters. The minimum absolute atomic E-state index is 0.398. The van der Waals surface area contributed by atoms with Gasteiger partial charge in [-0.25, -0.2) is 0 Å². The van der Waals surface area contributed by atoms with E-state index in [4.69, 9.17) is 11.6 Å². The van der Waals surface area contributed by atoms with Gasteiger partial charge in [0.2, 0.25) is 0 Å². The quantitative estimate of drug-likeness (QED) is 0.493. The van der Waals surface area contributed by atoms with E-state index in [-0.39, 0.29) is 0 Å². The number of benzene rings is 1. The van der Waals surface area contributed by atoms with Gasteiger partial charge < -0.3 is 0 Å². The molecule has 0 nitrogen and oxygen atoms in total. The first kappa shape index (κ1) is 14.1. The minimum atomic E-state index is 0.398. The molecule has 4 heteroatoms. The van der Waals surface area contributed by atoms with Crippen LogP contribution in [0.25, 0.3) is 0 Å². The van der Waals surface area contributed by atoms with E-state index in [1.54, 1.807) is 11.3 Å². The van der Waals surface area contributed by atoms with Gasteiger partial charge in [-0.05, 0) is 58.3 Å². The Kier molecular flexibility index (Phi) is 4.37. The van der Waals surface area contributed by atoms with E-state index in [2.05, 4.69) is 62.2 Å². The van der Waals surface area contributed by atoms with Crippen LogP contribution in [0.2, 0.25) is 4.34 Å². The summed E-state index contributed by atoms with van der Waals surface area (Å²) in [5.41, 5.74) is 3.02.